The number of halogens is 1. The number of nitrogens with zero attached hydrogens (tertiary/aromatic N) is 2. The maximum Gasteiger partial charge on any atom is 0.104 e. The second kappa shape index (κ2) is 5.04. The zero-order valence-corrected chi connectivity index (χ0v) is 10.2. The molecule has 1 atom stereocenters. The maximum absolute atomic E-state index is 9.46. The van der Waals surface area contributed by atoms with E-state index in [1.54, 1.807) is 0 Å². The molecule has 1 fully saturated rings. The van der Waals surface area contributed by atoms with Crippen molar-refractivity contribution in [2.45, 2.75) is 13.2 Å². The molecule has 1 aliphatic rings. The van der Waals surface area contributed by atoms with Crippen molar-refractivity contribution in [1.29, 1.82) is 0 Å². The predicted octanol–water partition coefficient (Wildman–Crippen LogP) is 1.80. The van der Waals surface area contributed by atoms with Crippen molar-refractivity contribution in [3.05, 3.63) is 29.3 Å². The molecule has 2 rings (SSSR count). The molecule has 1 N–H and O–H groups in total. The molecule has 16 heavy (non-hydrogen) atoms. The monoisotopic (exact) mass is 240 g/mol. The number of aliphatic hydroxyl groups excluding tert-OH is 1. The summed E-state index contributed by atoms with van der Waals surface area (Å²) in [7, 11) is 0. The van der Waals surface area contributed by atoms with Gasteiger partial charge in [0.05, 0.1) is 0 Å². The summed E-state index contributed by atoms with van der Waals surface area (Å²) < 4.78 is 0. The molecule has 0 spiro atoms. The van der Waals surface area contributed by atoms with Gasteiger partial charge in [0.2, 0.25) is 0 Å². The molecule has 0 aromatic heterocycles. The number of hydrogen-bond donors (Lipinski definition) is 1. The van der Waals surface area contributed by atoms with Gasteiger partial charge in [0.25, 0.3) is 0 Å². The van der Waals surface area contributed by atoms with Gasteiger partial charge in [-0.1, -0.05) is 11.6 Å². The summed E-state index contributed by atoms with van der Waals surface area (Å²) in [5, 5.41) is 10.2. The van der Waals surface area contributed by atoms with Gasteiger partial charge < -0.3 is 10.0 Å². The van der Waals surface area contributed by atoms with Gasteiger partial charge in [-0.25, -0.2) is 0 Å². The van der Waals surface area contributed by atoms with Gasteiger partial charge in [0.1, 0.15) is 6.23 Å². The summed E-state index contributed by atoms with van der Waals surface area (Å²) >= 11 is 5.86. The molecule has 1 unspecified atom stereocenters. The molecule has 1 heterocycles. The Bertz CT molecular complexity index is 331. The van der Waals surface area contributed by atoms with Crippen LogP contribution in [0.25, 0.3) is 0 Å². The Hall–Kier alpha value is -0.770. The first-order valence-electron chi connectivity index (χ1n) is 5.59. The van der Waals surface area contributed by atoms with Crippen molar-refractivity contribution in [1.82, 2.24) is 4.90 Å². The first kappa shape index (κ1) is 11.7. The van der Waals surface area contributed by atoms with Crippen LogP contribution in [0.1, 0.15) is 6.92 Å². The van der Waals surface area contributed by atoms with Crippen LogP contribution < -0.4 is 4.90 Å². The number of aliphatic hydroxyl groups is 1. The molecule has 1 aromatic rings. The highest BCUT2D eigenvalue weighted by atomic mass is 35.5. The zero-order chi connectivity index (χ0) is 11.5. The van der Waals surface area contributed by atoms with Crippen LogP contribution in [0, 0.1) is 0 Å². The van der Waals surface area contributed by atoms with Crippen LogP contribution in [-0.4, -0.2) is 42.4 Å². The van der Waals surface area contributed by atoms with E-state index in [-0.39, 0.29) is 6.23 Å². The van der Waals surface area contributed by atoms with Crippen molar-refractivity contribution in [3.8, 4) is 0 Å². The second-order valence-electron chi connectivity index (χ2n) is 4.13. The van der Waals surface area contributed by atoms with Gasteiger partial charge in [0.15, 0.2) is 0 Å². The fourth-order valence-corrected chi connectivity index (χ4v) is 2.13. The zero-order valence-electron chi connectivity index (χ0n) is 9.43. The van der Waals surface area contributed by atoms with E-state index in [0.717, 1.165) is 31.2 Å². The van der Waals surface area contributed by atoms with Crippen LogP contribution in [0.4, 0.5) is 5.69 Å². The Labute approximate surface area is 101 Å². The third kappa shape index (κ3) is 2.67. The third-order valence-corrected chi connectivity index (χ3v) is 3.29. The third-order valence-electron chi connectivity index (χ3n) is 3.03. The largest absolute Gasteiger partial charge is 0.379 e. The summed E-state index contributed by atoms with van der Waals surface area (Å²) in [6.07, 6.45) is -0.340. The standard InChI is InChI=1S/C12H17ClN2O/c1-10(16)14-6-8-15(9-7-14)12-4-2-11(13)3-5-12/h2-5,10,16H,6-9H2,1H3. The van der Waals surface area contributed by atoms with E-state index in [9.17, 15) is 5.11 Å². The number of anilines is 1. The van der Waals surface area contributed by atoms with E-state index in [4.69, 9.17) is 11.6 Å². The summed E-state index contributed by atoms with van der Waals surface area (Å²) in [6, 6.07) is 7.91. The fraction of sp³-hybridized carbons (Fsp3) is 0.500. The molecule has 4 heteroatoms. The Morgan fingerprint density at radius 3 is 2.19 bits per heavy atom. The van der Waals surface area contributed by atoms with E-state index in [0.29, 0.717) is 0 Å². The molecule has 1 saturated heterocycles. The Morgan fingerprint density at radius 2 is 1.69 bits per heavy atom. The highest BCUT2D eigenvalue weighted by Gasteiger charge is 2.19. The van der Waals surface area contributed by atoms with Crippen LogP contribution in [0.15, 0.2) is 24.3 Å². The molecule has 0 aliphatic carbocycles. The quantitative estimate of drug-likeness (QED) is 0.854. The van der Waals surface area contributed by atoms with Crippen LogP contribution in [0.5, 0.6) is 0 Å². The maximum atomic E-state index is 9.46. The molecule has 1 aromatic carbocycles. The van der Waals surface area contributed by atoms with Gasteiger partial charge in [-0.05, 0) is 31.2 Å². The minimum Gasteiger partial charge on any atom is -0.379 e. The highest BCUT2D eigenvalue weighted by Crippen LogP contribution is 2.19. The summed E-state index contributed by atoms with van der Waals surface area (Å²) in [5.41, 5.74) is 1.20. The van der Waals surface area contributed by atoms with E-state index >= 15 is 0 Å². The van der Waals surface area contributed by atoms with Crippen molar-refractivity contribution in [2.75, 3.05) is 31.1 Å². The van der Waals surface area contributed by atoms with Gasteiger partial charge in [-0.15, -0.1) is 0 Å². The Balaban J connectivity index is 1.96. The molecular formula is C12H17ClN2O. The van der Waals surface area contributed by atoms with E-state index < -0.39 is 0 Å². The molecular weight excluding hydrogens is 224 g/mol. The van der Waals surface area contributed by atoms with Crippen molar-refractivity contribution in [3.63, 3.8) is 0 Å². The van der Waals surface area contributed by atoms with E-state index in [2.05, 4.69) is 9.80 Å². The van der Waals surface area contributed by atoms with Gasteiger partial charge in [-0.2, -0.15) is 0 Å². The van der Waals surface area contributed by atoms with Gasteiger partial charge >= 0.3 is 0 Å². The highest BCUT2D eigenvalue weighted by molar-refractivity contribution is 6.30. The molecule has 3 nitrogen and oxygen atoms in total. The molecule has 0 radical (unpaired) electrons. The van der Waals surface area contributed by atoms with Crippen LogP contribution in [0.2, 0.25) is 5.02 Å². The fourth-order valence-electron chi connectivity index (χ4n) is 2.01. The lowest BCUT2D eigenvalue weighted by Gasteiger charge is -2.37. The molecule has 88 valence electrons. The molecule has 1 aliphatic heterocycles. The predicted molar refractivity (Wildman–Crippen MR) is 66.9 cm³/mol. The lowest BCUT2D eigenvalue weighted by molar-refractivity contribution is 0.0153. The SMILES string of the molecule is CC(O)N1CCN(c2ccc(Cl)cc2)CC1. The number of hydrogen-bond acceptors (Lipinski definition) is 3. The molecule has 0 bridgehead atoms. The average Bonchev–Trinajstić information content (AvgIpc) is 2.30. The summed E-state index contributed by atoms with van der Waals surface area (Å²) in [4.78, 5) is 4.39. The van der Waals surface area contributed by atoms with Gasteiger partial charge in [0, 0.05) is 36.9 Å². The number of piperazine rings is 1. The first-order chi connectivity index (χ1) is 7.66. The smallest absolute Gasteiger partial charge is 0.104 e. The number of rotatable bonds is 2. The lowest BCUT2D eigenvalue weighted by atomic mass is 10.2. The summed E-state index contributed by atoms with van der Waals surface area (Å²) in [5.74, 6) is 0. The van der Waals surface area contributed by atoms with Gasteiger partial charge in [-0.3, -0.25) is 4.90 Å². The molecule has 0 amide bonds. The number of benzene rings is 1. The second-order valence-corrected chi connectivity index (χ2v) is 4.57. The molecule has 0 saturated carbocycles. The van der Waals surface area contributed by atoms with E-state index in [1.807, 2.05) is 31.2 Å². The van der Waals surface area contributed by atoms with Crippen LogP contribution in [-0.2, 0) is 0 Å². The topological polar surface area (TPSA) is 26.7 Å². The lowest BCUT2D eigenvalue weighted by Crippen LogP contribution is -2.49. The minimum atomic E-state index is -0.340. The van der Waals surface area contributed by atoms with E-state index in [1.165, 1.54) is 5.69 Å². The van der Waals surface area contributed by atoms with Crippen LogP contribution in [0.3, 0.4) is 0 Å². The van der Waals surface area contributed by atoms with Crippen molar-refractivity contribution in [2.24, 2.45) is 0 Å². The van der Waals surface area contributed by atoms with Crippen LogP contribution >= 0.6 is 11.6 Å². The van der Waals surface area contributed by atoms with Crippen molar-refractivity contribution >= 4 is 17.3 Å². The Kier molecular flexibility index (Phi) is 3.69. The normalized spacial score (nSPS) is 19.8. The Morgan fingerprint density at radius 1 is 1.12 bits per heavy atom. The first-order valence-corrected chi connectivity index (χ1v) is 5.97. The van der Waals surface area contributed by atoms with Crippen molar-refractivity contribution < 1.29 is 5.11 Å². The summed E-state index contributed by atoms with van der Waals surface area (Å²) in [6.45, 7) is 5.53. The minimum absolute atomic E-state index is 0.340. The average molecular weight is 241 g/mol.